The highest BCUT2D eigenvalue weighted by Gasteiger charge is 2.24. The number of halogens is 1. The van der Waals surface area contributed by atoms with Crippen LogP contribution in [0.1, 0.15) is 26.3 Å². The fourth-order valence-electron chi connectivity index (χ4n) is 2.78. The summed E-state index contributed by atoms with van der Waals surface area (Å²) >= 11 is 7.97. The van der Waals surface area contributed by atoms with Crippen molar-refractivity contribution in [1.82, 2.24) is 9.97 Å². The molecule has 0 amide bonds. The van der Waals surface area contributed by atoms with E-state index in [0.29, 0.717) is 5.28 Å². The molecule has 0 bridgehead atoms. The number of aromatic nitrogens is 2. The van der Waals surface area contributed by atoms with Crippen LogP contribution < -0.4 is 0 Å². The quantitative estimate of drug-likeness (QED) is 0.387. The lowest BCUT2D eigenvalue weighted by molar-refractivity contribution is 0.589. The van der Waals surface area contributed by atoms with Gasteiger partial charge in [-0.25, -0.2) is 9.97 Å². The molecule has 4 heteroatoms. The van der Waals surface area contributed by atoms with Gasteiger partial charge < -0.3 is 0 Å². The fourth-order valence-corrected chi connectivity index (χ4v) is 4.10. The molecule has 1 aliphatic heterocycles. The van der Waals surface area contributed by atoms with Crippen LogP contribution >= 0.6 is 23.4 Å². The lowest BCUT2D eigenvalue weighted by atomic mass is 9.86. The summed E-state index contributed by atoms with van der Waals surface area (Å²) < 4.78 is 0. The average molecular weight is 327 g/mol. The number of nitrogens with zero attached hydrogens (tertiary/aromatic N) is 2. The van der Waals surface area contributed by atoms with Gasteiger partial charge in [0.15, 0.2) is 0 Å². The van der Waals surface area contributed by atoms with E-state index in [0.717, 1.165) is 22.2 Å². The SMILES string of the molecule is CC(C)(C)c1cc2c3c(nc(Cl)nc3c1)-c1ccccc1S2. The number of rotatable bonds is 0. The van der Waals surface area contributed by atoms with Crippen molar-refractivity contribution in [3.05, 3.63) is 47.2 Å². The summed E-state index contributed by atoms with van der Waals surface area (Å²) in [7, 11) is 0. The first-order valence-corrected chi connectivity index (χ1v) is 8.42. The maximum atomic E-state index is 6.18. The van der Waals surface area contributed by atoms with Crippen LogP contribution in [0.4, 0.5) is 0 Å². The second kappa shape index (κ2) is 4.71. The molecule has 2 heterocycles. The van der Waals surface area contributed by atoms with Crippen molar-refractivity contribution in [3.63, 3.8) is 0 Å². The van der Waals surface area contributed by atoms with Gasteiger partial charge in [0.05, 0.1) is 11.2 Å². The molecule has 0 saturated heterocycles. The van der Waals surface area contributed by atoms with Gasteiger partial charge in [0.25, 0.3) is 0 Å². The third kappa shape index (κ3) is 2.11. The van der Waals surface area contributed by atoms with Crippen LogP contribution in [0.25, 0.3) is 22.2 Å². The van der Waals surface area contributed by atoms with E-state index >= 15 is 0 Å². The van der Waals surface area contributed by atoms with Crippen molar-refractivity contribution < 1.29 is 0 Å². The van der Waals surface area contributed by atoms with Crippen LogP contribution in [0.15, 0.2) is 46.2 Å². The standard InChI is InChI=1S/C18H15ClN2S/c1-18(2,3)10-8-12-15-14(9-10)22-13-7-5-4-6-11(13)16(15)21-17(19)20-12/h4-9H,1-3H3. The number of fused-ring (bicyclic) bond motifs is 2. The Balaban J connectivity index is 2.13. The zero-order valence-corrected chi connectivity index (χ0v) is 14.2. The highest BCUT2D eigenvalue weighted by molar-refractivity contribution is 7.99. The van der Waals surface area contributed by atoms with E-state index in [1.807, 2.05) is 6.07 Å². The lowest BCUT2D eigenvalue weighted by Crippen LogP contribution is -2.12. The Morgan fingerprint density at radius 3 is 2.55 bits per heavy atom. The van der Waals surface area contributed by atoms with Gasteiger partial charge in [-0.3, -0.25) is 0 Å². The Hall–Kier alpha value is -1.58. The number of hydrogen-bond donors (Lipinski definition) is 0. The van der Waals surface area contributed by atoms with E-state index in [1.54, 1.807) is 11.8 Å². The molecular formula is C18H15ClN2S. The van der Waals surface area contributed by atoms with Gasteiger partial charge in [-0.1, -0.05) is 50.7 Å². The lowest BCUT2D eigenvalue weighted by Gasteiger charge is -2.24. The van der Waals surface area contributed by atoms with Crippen molar-refractivity contribution in [2.75, 3.05) is 0 Å². The summed E-state index contributed by atoms with van der Waals surface area (Å²) in [5, 5.41) is 1.42. The van der Waals surface area contributed by atoms with Gasteiger partial charge >= 0.3 is 0 Å². The molecule has 0 N–H and O–H groups in total. The van der Waals surface area contributed by atoms with Crippen molar-refractivity contribution in [1.29, 1.82) is 0 Å². The normalized spacial score (nSPS) is 13.3. The molecule has 110 valence electrons. The molecule has 3 aromatic rings. The highest BCUT2D eigenvalue weighted by atomic mass is 35.5. The van der Waals surface area contributed by atoms with Crippen LogP contribution in [-0.4, -0.2) is 9.97 Å². The third-order valence-electron chi connectivity index (χ3n) is 3.96. The molecule has 0 radical (unpaired) electrons. The van der Waals surface area contributed by atoms with Gasteiger partial charge in [0.1, 0.15) is 0 Å². The second-order valence-corrected chi connectivity index (χ2v) is 7.98. The molecule has 0 aliphatic carbocycles. The molecule has 0 atom stereocenters. The summed E-state index contributed by atoms with van der Waals surface area (Å²) in [6, 6.07) is 12.7. The largest absolute Gasteiger partial charge is 0.223 e. The van der Waals surface area contributed by atoms with Gasteiger partial charge in [-0.15, -0.1) is 0 Å². The summed E-state index contributed by atoms with van der Waals surface area (Å²) in [4.78, 5) is 11.4. The third-order valence-corrected chi connectivity index (χ3v) is 5.25. The Bertz CT molecular complexity index is 913. The number of hydrogen-bond acceptors (Lipinski definition) is 3. The minimum atomic E-state index is 0.0693. The molecule has 22 heavy (non-hydrogen) atoms. The van der Waals surface area contributed by atoms with E-state index in [4.69, 9.17) is 11.6 Å². The molecule has 1 aliphatic rings. The smallest absolute Gasteiger partial charge is 0.218 e. The first-order chi connectivity index (χ1) is 10.4. The van der Waals surface area contributed by atoms with Crippen molar-refractivity contribution in [2.45, 2.75) is 36.0 Å². The van der Waals surface area contributed by atoms with Crippen LogP contribution in [0.5, 0.6) is 0 Å². The molecule has 0 fully saturated rings. The van der Waals surface area contributed by atoms with Crippen LogP contribution in [0.2, 0.25) is 5.28 Å². The first-order valence-electron chi connectivity index (χ1n) is 7.22. The maximum absolute atomic E-state index is 6.18. The van der Waals surface area contributed by atoms with E-state index < -0.39 is 0 Å². The van der Waals surface area contributed by atoms with Gasteiger partial charge in [0, 0.05) is 20.7 Å². The van der Waals surface area contributed by atoms with E-state index in [9.17, 15) is 0 Å². The molecular weight excluding hydrogens is 312 g/mol. The first kappa shape index (κ1) is 14.0. The van der Waals surface area contributed by atoms with E-state index in [-0.39, 0.29) is 5.41 Å². The summed E-state index contributed by atoms with van der Waals surface area (Å²) in [5.74, 6) is 0. The molecule has 4 rings (SSSR count). The van der Waals surface area contributed by atoms with Crippen LogP contribution in [-0.2, 0) is 5.41 Å². The van der Waals surface area contributed by atoms with E-state index in [1.165, 1.54) is 15.4 Å². The van der Waals surface area contributed by atoms with Crippen LogP contribution in [0, 0.1) is 0 Å². The van der Waals surface area contributed by atoms with Gasteiger partial charge in [-0.2, -0.15) is 0 Å². The molecule has 0 saturated carbocycles. The Morgan fingerprint density at radius 2 is 1.77 bits per heavy atom. The Morgan fingerprint density at radius 1 is 1.00 bits per heavy atom. The zero-order valence-electron chi connectivity index (χ0n) is 12.6. The predicted molar refractivity (Wildman–Crippen MR) is 92.8 cm³/mol. The second-order valence-electron chi connectivity index (χ2n) is 6.56. The summed E-state index contributed by atoms with van der Waals surface area (Å²) in [5.41, 5.74) is 4.35. The molecule has 0 unspecified atom stereocenters. The molecule has 2 aromatic carbocycles. The van der Waals surface area contributed by atoms with E-state index in [2.05, 4.69) is 61.1 Å². The minimum absolute atomic E-state index is 0.0693. The van der Waals surface area contributed by atoms with Gasteiger partial charge in [0.2, 0.25) is 5.28 Å². The Labute approximate surface area is 138 Å². The summed E-state index contributed by atoms with van der Waals surface area (Å²) in [6.45, 7) is 6.64. The maximum Gasteiger partial charge on any atom is 0.223 e. The highest BCUT2D eigenvalue weighted by Crippen LogP contribution is 2.48. The number of benzene rings is 2. The zero-order chi connectivity index (χ0) is 15.5. The average Bonchev–Trinajstić information content (AvgIpc) is 2.45. The van der Waals surface area contributed by atoms with Crippen molar-refractivity contribution in [2.24, 2.45) is 0 Å². The molecule has 0 spiro atoms. The predicted octanol–water partition coefficient (Wildman–Crippen LogP) is 5.71. The van der Waals surface area contributed by atoms with Crippen molar-refractivity contribution in [3.8, 4) is 11.3 Å². The molecule has 1 aromatic heterocycles. The van der Waals surface area contributed by atoms with Crippen LogP contribution in [0.3, 0.4) is 0 Å². The monoisotopic (exact) mass is 326 g/mol. The topological polar surface area (TPSA) is 25.8 Å². The summed E-state index contributed by atoms with van der Waals surface area (Å²) in [6.07, 6.45) is 0. The van der Waals surface area contributed by atoms with Gasteiger partial charge in [-0.05, 0) is 40.8 Å². The Kier molecular flexibility index (Phi) is 3.00. The fraction of sp³-hybridized carbons (Fsp3) is 0.222. The molecule has 2 nitrogen and oxygen atoms in total. The minimum Gasteiger partial charge on any atom is -0.218 e. The van der Waals surface area contributed by atoms with Crippen molar-refractivity contribution >= 4 is 34.3 Å².